The van der Waals surface area contributed by atoms with Crippen molar-refractivity contribution in [3.63, 3.8) is 0 Å². The Kier molecular flexibility index (Phi) is 6.67. The minimum absolute atomic E-state index is 0.00954. The Morgan fingerprint density at radius 2 is 1.58 bits per heavy atom. The Morgan fingerprint density at radius 1 is 1.04 bits per heavy atom. The molecule has 0 aromatic heterocycles. The Balaban J connectivity index is 1.61. The highest BCUT2D eigenvalue weighted by Gasteiger charge is 2.24. The minimum atomic E-state index is -0.336. The quantitative estimate of drug-likeness (QED) is 0.839. The van der Waals surface area contributed by atoms with Crippen LogP contribution in [0.25, 0.3) is 0 Å². The van der Waals surface area contributed by atoms with Crippen LogP contribution in [-0.2, 0) is 4.74 Å². The van der Waals surface area contributed by atoms with Crippen LogP contribution >= 0.6 is 0 Å². The maximum Gasteiger partial charge on any atom is 0.408 e. The molecule has 0 atom stereocenters. The van der Waals surface area contributed by atoms with Gasteiger partial charge in [-0.1, -0.05) is 67.6 Å². The van der Waals surface area contributed by atoms with E-state index < -0.39 is 0 Å². The van der Waals surface area contributed by atoms with Crippen molar-refractivity contribution in [2.45, 2.75) is 38.3 Å². The van der Waals surface area contributed by atoms with Crippen LogP contribution in [0, 0.1) is 0 Å². The monoisotopic (exact) mass is 352 g/mol. The zero-order valence-corrected chi connectivity index (χ0v) is 15.4. The van der Waals surface area contributed by atoms with Gasteiger partial charge in [0.05, 0.1) is 6.04 Å². The summed E-state index contributed by atoms with van der Waals surface area (Å²) in [6.07, 6.45) is 2.66. The van der Waals surface area contributed by atoms with Crippen LogP contribution in [0.2, 0.25) is 0 Å². The number of carbonyl (C=O) groups excluding carboxylic acids is 1. The van der Waals surface area contributed by atoms with Crippen LogP contribution in [0.15, 0.2) is 60.7 Å². The summed E-state index contributed by atoms with van der Waals surface area (Å²) in [5.41, 5.74) is 2.10. The maximum absolute atomic E-state index is 12.5. The van der Waals surface area contributed by atoms with Gasteiger partial charge in [-0.25, -0.2) is 4.79 Å². The number of nitrogens with one attached hydrogen (secondary N) is 1. The molecule has 1 N–H and O–H groups in total. The van der Waals surface area contributed by atoms with E-state index in [-0.39, 0.29) is 18.2 Å². The highest BCUT2D eigenvalue weighted by atomic mass is 16.6. The fourth-order valence-corrected chi connectivity index (χ4v) is 3.52. The predicted octanol–water partition coefficient (Wildman–Crippen LogP) is 4.38. The maximum atomic E-state index is 12.5. The molecule has 0 unspecified atom stereocenters. The molecule has 1 aliphatic rings. The lowest BCUT2D eigenvalue weighted by Crippen LogP contribution is -2.40. The lowest BCUT2D eigenvalue weighted by molar-refractivity contribution is 0.0497. The van der Waals surface area contributed by atoms with E-state index in [2.05, 4.69) is 17.1 Å². The average Bonchev–Trinajstić information content (AvgIpc) is 2.69. The van der Waals surface area contributed by atoms with Gasteiger partial charge in [-0.3, -0.25) is 0 Å². The number of hydrogen-bond acceptors (Lipinski definition) is 3. The molecule has 2 aromatic carbocycles. The first kappa shape index (κ1) is 18.5. The molecule has 1 saturated heterocycles. The Hall–Kier alpha value is -2.33. The molecule has 0 bridgehead atoms. The smallest absolute Gasteiger partial charge is 0.408 e. The molecule has 0 radical (unpaired) electrons. The van der Waals surface area contributed by atoms with Gasteiger partial charge in [0.1, 0.15) is 6.10 Å². The van der Waals surface area contributed by atoms with Gasteiger partial charge in [-0.15, -0.1) is 0 Å². The molecule has 2 aromatic rings. The number of benzene rings is 2. The predicted molar refractivity (Wildman–Crippen MR) is 104 cm³/mol. The third-order valence-electron chi connectivity index (χ3n) is 4.88. The van der Waals surface area contributed by atoms with Crippen LogP contribution in [-0.4, -0.2) is 36.7 Å². The lowest BCUT2D eigenvalue weighted by atomic mass is 9.99. The van der Waals surface area contributed by atoms with Gasteiger partial charge in [-0.2, -0.15) is 0 Å². The Morgan fingerprint density at radius 3 is 2.08 bits per heavy atom. The van der Waals surface area contributed by atoms with E-state index in [9.17, 15) is 4.79 Å². The average molecular weight is 352 g/mol. The molecule has 138 valence electrons. The molecule has 3 rings (SSSR count). The van der Waals surface area contributed by atoms with Crippen molar-refractivity contribution in [1.82, 2.24) is 10.2 Å². The Bertz CT molecular complexity index is 628. The van der Waals surface area contributed by atoms with Gasteiger partial charge in [0.15, 0.2) is 0 Å². The van der Waals surface area contributed by atoms with E-state index in [0.717, 1.165) is 43.6 Å². The van der Waals surface area contributed by atoms with Crippen molar-refractivity contribution < 1.29 is 9.53 Å². The summed E-state index contributed by atoms with van der Waals surface area (Å²) in [4.78, 5) is 15.0. The fourth-order valence-electron chi connectivity index (χ4n) is 3.52. The molecule has 4 heteroatoms. The molecule has 0 aliphatic carbocycles. The van der Waals surface area contributed by atoms with E-state index in [4.69, 9.17) is 4.74 Å². The topological polar surface area (TPSA) is 41.6 Å². The van der Waals surface area contributed by atoms with Crippen molar-refractivity contribution in [3.8, 4) is 0 Å². The molecular formula is C22H28N2O2. The third kappa shape index (κ3) is 5.09. The zero-order chi connectivity index (χ0) is 18.2. The third-order valence-corrected chi connectivity index (χ3v) is 4.88. The number of rotatable bonds is 6. The number of carbonyl (C=O) groups is 1. The summed E-state index contributed by atoms with van der Waals surface area (Å²) < 4.78 is 5.71. The van der Waals surface area contributed by atoms with Crippen molar-refractivity contribution in [2.24, 2.45) is 0 Å². The fraction of sp³-hybridized carbons (Fsp3) is 0.409. The van der Waals surface area contributed by atoms with Gasteiger partial charge in [0.2, 0.25) is 0 Å². The van der Waals surface area contributed by atoms with Gasteiger partial charge >= 0.3 is 6.09 Å². The van der Waals surface area contributed by atoms with E-state index >= 15 is 0 Å². The SMILES string of the molecule is CCCN1CCC(OC(=O)NC(c2ccccc2)c2ccccc2)CC1. The van der Waals surface area contributed by atoms with Crippen molar-refractivity contribution in [2.75, 3.05) is 19.6 Å². The van der Waals surface area contributed by atoms with Crippen LogP contribution in [0.4, 0.5) is 4.79 Å². The number of alkyl carbamates (subject to hydrolysis) is 1. The van der Waals surface area contributed by atoms with Crippen molar-refractivity contribution in [1.29, 1.82) is 0 Å². The van der Waals surface area contributed by atoms with Gasteiger partial charge in [-0.05, 0) is 36.9 Å². The van der Waals surface area contributed by atoms with Gasteiger partial charge < -0.3 is 15.0 Å². The zero-order valence-electron chi connectivity index (χ0n) is 15.4. The first-order valence-electron chi connectivity index (χ1n) is 9.55. The second-order valence-electron chi connectivity index (χ2n) is 6.85. The molecule has 1 amide bonds. The van der Waals surface area contributed by atoms with E-state index in [1.807, 2.05) is 60.7 Å². The van der Waals surface area contributed by atoms with Gasteiger partial charge in [0, 0.05) is 13.1 Å². The molecule has 0 spiro atoms. The van der Waals surface area contributed by atoms with Crippen LogP contribution in [0.5, 0.6) is 0 Å². The van der Waals surface area contributed by atoms with E-state index in [1.54, 1.807) is 0 Å². The highest BCUT2D eigenvalue weighted by Crippen LogP contribution is 2.22. The molecule has 0 saturated carbocycles. The molecule has 1 fully saturated rings. The summed E-state index contributed by atoms with van der Waals surface area (Å²) in [7, 11) is 0. The number of hydrogen-bond donors (Lipinski definition) is 1. The number of ether oxygens (including phenoxy) is 1. The second-order valence-corrected chi connectivity index (χ2v) is 6.85. The van der Waals surface area contributed by atoms with Crippen molar-refractivity contribution >= 4 is 6.09 Å². The normalized spacial score (nSPS) is 15.8. The molecule has 4 nitrogen and oxygen atoms in total. The largest absolute Gasteiger partial charge is 0.446 e. The Labute approximate surface area is 156 Å². The molecular weight excluding hydrogens is 324 g/mol. The molecule has 26 heavy (non-hydrogen) atoms. The van der Waals surface area contributed by atoms with Crippen LogP contribution in [0.3, 0.4) is 0 Å². The number of nitrogens with zero attached hydrogens (tertiary/aromatic N) is 1. The molecule has 1 heterocycles. The standard InChI is InChI=1S/C22H28N2O2/c1-2-15-24-16-13-20(14-17-24)26-22(25)23-21(18-9-5-3-6-10-18)19-11-7-4-8-12-19/h3-12,20-21H,2,13-17H2,1H3,(H,23,25). The summed E-state index contributed by atoms with van der Waals surface area (Å²) >= 11 is 0. The second kappa shape index (κ2) is 9.39. The molecule has 1 aliphatic heterocycles. The van der Waals surface area contributed by atoms with Crippen LogP contribution < -0.4 is 5.32 Å². The summed E-state index contributed by atoms with van der Waals surface area (Å²) in [5, 5.41) is 3.06. The minimum Gasteiger partial charge on any atom is -0.446 e. The number of piperidine rings is 1. The van der Waals surface area contributed by atoms with Crippen LogP contribution in [0.1, 0.15) is 43.4 Å². The first-order valence-corrected chi connectivity index (χ1v) is 9.55. The lowest BCUT2D eigenvalue weighted by Gasteiger charge is -2.31. The van der Waals surface area contributed by atoms with Crippen molar-refractivity contribution in [3.05, 3.63) is 71.8 Å². The van der Waals surface area contributed by atoms with Gasteiger partial charge in [0.25, 0.3) is 0 Å². The van der Waals surface area contributed by atoms with E-state index in [1.165, 1.54) is 6.42 Å². The first-order chi connectivity index (χ1) is 12.8. The summed E-state index contributed by atoms with van der Waals surface area (Å²) in [6.45, 7) is 5.34. The summed E-state index contributed by atoms with van der Waals surface area (Å²) in [6, 6.07) is 19.8. The number of amides is 1. The summed E-state index contributed by atoms with van der Waals surface area (Å²) in [5.74, 6) is 0. The highest BCUT2D eigenvalue weighted by molar-refractivity contribution is 5.69. The van der Waals surface area contributed by atoms with E-state index in [0.29, 0.717) is 0 Å². The number of likely N-dealkylation sites (tertiary alicyclic amines) is 1.